The number of esters is 2. The molecule has 0 amide bonds. The van der Waals surface area contributed by atoms with Gasteiger partial charge in [-0.2, -0.15) is 8.42 Å². The van der Waals surface area contributed by atoms with Gasteiger partial charge in [0.15, 0.2) is 0 Å². The molecule has 0 radical (unpaired) electrons. The summed E-state index contributed by atoms with van der Waals surface area (Å²) in [4.78, 5) is 42.6. The van der Waals surface area contributed by atoms with E-state index in [1.54, 1.807) is 50.4 Å². The molecule has 3 unspecified atom stereocenters. The van der Waals surface area contributed by atoms with E-state index in [1.807, 2.05) is 6.92 Å². The highest BCUT2D eigenvalue weighted by molar-refractivity contribution is 7.86. The fourth-order valence-corrected chi connectivity index (χ4v) is 9.68. The quantitative estimate of drug-likeness (QED) is 0.272. The van der Waals surface area contributed by atoms with E-state index >= 15 is 0 Å². The molecule has 0 spiro atoms. The SMILES string of the molecule is CC(=O)O[C@H]1CC[C@@]2(C)C(C[C@H](OC(C)=O)[C@@]3(C)Oc4cc(-c5cccnc5)oc(=O)c4[C@H](O)C23)C1(C)COS(=O)(=O)c1ccccc1. The molecule has 48 heavy (non-hydrogen) atoms. The number of rotatable bonds is 7. The van der Waals surface area contributed by atoms with Crippen molar-refractivity contribution in [2.45, 2.75) is 82.7 Å². The molecule has 0 bridgehead atoms. The fraction of sp³-hybridized carbons (Fsp3) is 0.486. The highest BCUT2D eigenvalue weighted by atomic mass is 32.2. The van der Waals surface area contributed by atoms with E-state index in [0.717, 1.165) is 0 Å². The summed E-state index contributed by atoms with van der Waals surface area (Å²) < 4.78 is 56.4. The molecular weight excluding hydrogens is 642 g/mol. The van der Waals surface area contributed by atoms with Gasteiger partial charge in [-0.15, -0.1) is 0 Å². The van der Waals surface area contributed by atoms with Crippen LogP contribution in [0.25, 0.3) is 11.3 Å². The first-order chi connectivity index (χ1) is 22.6. The first-order valence-corrected chi connectivity index (χ1v) is 17.3. The number of aliphatic hydroxyl groups is 1. The fourth-order valence-electron chi connectivity index (χ4n) is 8.64. The normalized spacial score (nSPS) is 32.5. The lowest BCUT2D eigenvalue weighted by Gasteiger charge is -2.66. The number of hydrogen-bond acceptors (Lipinski definition) is 12. The van der Waals surface area contributed by atoms with E-state index < -0.39 is 74.3 Å². The monoisotopic (exact) mass is 681 g/mol. The van der Waals surface area contributed by atoms with Gasteiger partial charge in [-0.3, -0.25) is 18.8 Å². The van der Waals surface area contributed by atoms with Gasteiger partial charge >= 0.3 is 17.6 Å². The topological polar surface area (TPSA) is 169 Å². The van der Waals surface area contributed by atoms with Crippen LogP contribution in [0.15, 0.2) is 75.0 Å². The Morgan fingerprint density at radius 1 is 1.02 bits per heavy atom. The van der Waals surface area contributed by atoms with Gasteiger partial charge in [-0.1, -0.05) is 32.0 Å². The van der Waals surface area contributed by atoms with Crippen molar-refractivity contribution in [3.05, 3.63) is 76.9 Å². The number of carbonyl (C=O) groups is 2. The summed E-state index contributed by atoms with van der Waals surface area (Å²) in [7, 11) is -4.22. The summed E-state index contributed by atoms with van der Waals surface area (Å²) in [6.45, 7) is 7.67. The van der Waals surface area contributed by atoms with Crippen LogP contribution in [0.1, 0.15) is 65.5 Å². The van der Waals surface area contributed by atoms with Crippen molar-refractivity contribution in [2.75, 3.05) is 6.61 Å². The minimum atomic E-state index is -4.22. The zero-order chi connectivity index (χ0) is 34.6. The summed E-state index contributed by atoms with van der Waals surface area (Å²) >= 11 is 0. The number of pyridine rings is 1. The van der Waals surface area contributed by atoms with Gasteiger partial charge < -0.3 is 23.7 Å². The second kappa shape index (κ2) is 12.1. The minimum absolute atomic E-state index is 0.0321. The molecule has 3 heterocycles. The zero-order valence-electron chi connectivity index (χ0n) is 27.4. The van der Waals surface area contributed by atoms with Crippen molar-refractivity contribution in [1.82, 2.24) is 4.98 Å². The smallest absolute Gasteiger partial charge is 0.345 e. The molecule has 1 N–H and O–H groups in total. The highest BCUT2D eigenvalue weighted by Gasteiger charge is 2.70. The van der Waals surface area contributed by atoms with E-state index in [2.05, 4.69) is 4.98 Å². The Hall–Kier alpha value is -4.07. The third kappa shape index (κ3) is 5.61. The number of nitrogens with zero attached hydrogens (tertiary/aromatic N) is 1. The van der Waals surface area contributed by atoms with Crippen molar-refractivity contribution in [2.24, 2.45) is 22.7 Å². The van der Waals surface area contributed by atoms with Gasteiger partial charge in [-0.25, -0.2) is 4.79 Å². The number of aromatic nitrogens is 1. The molecule has 12 nitrogen and oxygen atoms in total. The van der Waals surface area contributed by atoms with Crippen LogP contribution in [-0.2, 0) is 33.4 Å². The molecule has 1 aliphatic heterocycles. The van der Waals surface area contributed by atoms with Crippen LogP contribution >= 0.6 is 0 Å². The van der Waals surface area contributed by atoms with Crippen LogP contribution in [0.4, 0.5) is 0 Å². The summed E-state index contributed by atoms with van der Waals surface area (Å²) in [5.41, 5.74) is -3.70. The Morgan fingerprint density at radius 2 is 1.71 bits per heavy atom. The first kappa shape index (κ1) is 33.8. The molecule has 3 aromatic rings. The molecular formula is C35H39NO11S. The van der Waals surface area contributed by atoms with Crippen LogP contribution in [0.2, 0.25) is 0 Å². The molecule has 13 heteroatoms. The number of benzene rings is 1. The average Bonchev–Trinajstić information content (AvgIpc) is 3.03. The first-order valence-electron chi connectivity index (χ1n) is 15.8. The minimum Gasteiger partial charge on any atom is -0.482 e. The van der Waals surface area contributed by atoms with E-state index in [9.17, 15) is 27.9 Å². The summed E-state index contributed by atoms with van der Waals surface area (Å²) in [5, 5.41) is 12.2. The van der Waals surface area contributed by atoms with Crippen molar-refractivity contribution >= 4 is 22.1 Å². The van der Waals surface area contributed by atoms with E-state index in [-0.39, 0.29) is 35.0 Å². The van der Waals surface area contributed by atoms with Crippen molar-refractivity contribution in [3.63, 3.8) is 0 Å². The van der Waals surface area contributed by atoms with Crippen molar-refractivity contribution in [1.29, 1.82) is 0 Å². The van der Waals surface area contributed by atoms with Crippen molar-refractivity contribution < 1.29 is 45.9 Å². The maximum Gasteiger partial charge on any atom is 0.345 e. The van der Waals surface area contributed by atoms with Gasteiger partial charge in [0.25, 0.3) is 10.1 Å². The molecule has 256 valence electrons. The number of carbonyl (C=O) groups excluding carboxylic acids is 2. The second-order valence-electron chi connectivity index (χ2n) is 13.7. The van der Waals surface area contributed by atoms with Crippen molar-refractivity contribution in [3.8, 4) is 17.1 Å². The molecule has 2 saturated carbocycles. The molecule has 3 aliphatic rings. The summed E-state index contributed by atoms with van der Waals surface area (Å²) in [6.07, 6.45) is 0.817. The maximum atomic E-state index is 13.6. The van der Waals surface area contributed by atoms with Gasteiger partial charge in [0.1, 0.15) is 34.9 Å². The van der Waals surface area contributed by atoms with Gasteiger partial charge in [-0.05, 0) is 61.8 Å². The molecule has 2 aliphatic carbocycles. The molecule has 1 aromatic carbocycles. The second-order valence-corrected chi connectivity index (χ2v) is 15.3. The van der Waals surface area contributed by atoms with E-state index in [1.165, 1.54) is 38.2 Å². The maximum absolute atomic E-state index is 13.6. The Labute approximate surface area is 278 Å². The standard InChI is InChI=1S/C35H39NO11S/c1-20(37)44-27-13-14-33(3)26(34(27,4)19-43-48(41,42)23-11-7-6-8-12-23)17-28(45-21(2)38)35(5)31(33)30(39)29-25(47-35)16-24(46-32(29)40)22-10-9-15-36-18-22/h6-12,15-16,18,26-28,30-31,39H,13-14,17,19H2,1-5H3/t26?,27-,28-,30-,31?,33-,34?,35+/m0/s1. The Kier molecular flexibility index (Phi) is 8.54. The lowest BCUT2D eigenvalue weighted by molar-refractivity contribution is -0.269. The number of hydrogen-bond donors (Lipinski definition) is 1. The summed E-state index contributed by atoms with van der Waals surface area (Å²) in [5.74, 6) is -2.25. The number of aliphatic hydroxyl groups excluding tert-OH is 1. The zero-order valence-corrected chi connectivity index (χ0v) is 28.2. The lowest BCUT2D eigenvalue weighted by atomic mass is 9.42. The van der Waals surface area contributed by atoms with Gasteiger partial charge in [0, 0.05) is 49.2 Å². The molecule has 2 aromatic heterocycles. The van der Waals surface area contributed by atoms with Gasteiger partial charge in [0.2, 0.25) is 0 Å². The highest BCUT2D eigenvalue weighted by Crippen LogP contribution is 2.67. The Morgan fingerprint density at radius 3 is 2.35 bits per heavy atom. The van der Waals surface area contributed by atoms with Crippen LogP contribution in [-0.4, -0.2) is 54.9 Å². The molecule has 8 atom stereocenters. The van der Waals surface area contributed by atoms with Crippen LogP contribution in [0.3, 0.4) is 0 Å². The Balaban J connectivity index is 1.46. The third-order valence-corrected chi connectivity index (χ3v) is 12.0. The predicted molar refractivity (Wildman–Crippen MR) is 170 cm³/mol. The lowest BCUT2D eigenvalue weighted by Crippen LogP contribution is -2.71. The number of fused-ring (bicyclic) bond motifs is 4. The van der Waals surface area contributed by atoms with E-state index in [4.69, 9.17) is 22.8 Å². The van der Waals surface area contributed by atoms with Crippen LogP contribution in [0.5, 0.6) is 5.75 Å². The van der Waals surface area contributed by atoms with E-state index in [0.29, 0.717) is 18.4 Å². The summed E-state index contributed by atoms with van der Waals surface area (Å²) in [6, 6.07) is 12.6. The molecule has 0 saturated heterocycles. The van der Waals surface area contributed by atoms with Crippen LogP contribution in [0, 0.1) is 22.7 Å². The largest absolute Gasteiger partial charge is 0.482 e. The number of ether oxygens (including phenoxy) is 3. The van der Waals surface area contributed by atoms with Crippen LogP contribution < -0.4 is 10.4 Å². The average molecular weight is 682 g/mol. The third-order valence-electron chi connectivity index (χ3n) is 10.7. The predicted octanol–water partition coefficient (Wildman–Crippen LogP) is 4.60. The Bertz CT molecular complexity index is 1880. The molecule has 6 rings (SSSR count). The molecule has 2 fully saturated rings. The van der Waals surface area contributed by atoms with Gasteiger partial charge in [0.05, 0.1) is 17.6 Å².